The smallest absolute Gasteiger partial charge is 0.309 e. The van der Waals surface area contributed by atoms with Crippen LogP contribution in [0.4, 0.5) is 0 Å². The molecule has 0 bridgehead atoms. The van der Waals surface area contributed by atoms with Gasteiger partial charge in [0.05, 0.1) is 5.41 Å². The van der Waals surface area contributed by atoms with Gasteiger partial charge in [-0.3, -0.25) is 4.79 Å². The lowest BCUT2D eigenvalue weighted by Crippen LogP contribution is -2.30. The molecule has 0 heterocycles. The van der Waals surface area contributed by atoms with Gasteiger partial charge in [-0.1, -0.05) is 103 Å². The van der Waals surface area contributed by atoms with Crippen LogP contribution in [0.15, 0.2) is 24.8 Å². The fourth-order valence-corrected chi connectivity index (χ4v) is 3.98. The highest BCUT2D eigenvalue weighted by atomic mass is 16.4. The Morgan fingerprint density at radius 3 is 1.68 bits per heavy atom. The minimum Gasteiger partial charge on any atom is -0.481 e. The van der Waals surface area contributed by atoms with Crippen LogP contribution in [0.1, 0.15) is 129 Å². The molecule has 0 aliphatic heterocycles. The average Bonchev–Trinajstić information content (AvgIpc) is 2.68. The standard InChI is InChI=1S/C26H48O2/c1-4-7-9-10-11-12-13-14-15-16-17-18-19-21-24-26(22-6-3,25(27)28)23-20-8-5-2/h6,14-15H,3-5,7-13,16-24H2,1-2H3,(H,27,28)/b15-14-. The van der Waals surface area contributed by atoms with E-state index in [-0.39, 0.29) is 0 Å². The topological polar surface area (TPSA) is 37.3 Å². The maximum atomic E-state index is 11.9. The third kappa shape index (κ3) is 14.0. The summed E-state index contributed by atoms with van der Waals surface area (Å²) in [5.41, 5.74) is -0.575. The van der Waals surface area contributed by atoms with E-state index in [4.69, 9.17) is 0 Å². The van der Waals surface area contributed by atoms with Crippen LogP contribution in [0.5, 0.6) is 0 Å². The van der Waals surface area contributed by atoms with Crippen LogP contribution in [0, 0.1) is 5.41 Å². The highest BCUT2D eigenvalue weighted by molar-refractivity contribution is 5.74. The van der Waals surface area contributed by atoms with Crippen LogP contribution < -0.4 is 0 Å². The number of hydrogen-bond acceptors (Lipinski definition) is 1. The Morgan fingerprint density at radius 1 is 0.750 bits per heavy atom. The Morgan fingerprint density at radius 2 is 1.18 bits per heavy atom. The third-order valence-electron chi connectivity index (χ3n) is 5.91. The SMILES string of the molecule is C=CCC(CCCCC)(CCCCCC/C=C\CCCCCCCC)C(=O)O. The summed E-state index contributed by atoms with van der Waals surface area (Å²) in [5, 5.41) is 9.80. The van der Waals surface area contributed by atoms with Crippen LogP contribution in [0.3, 0.4) is 0 Å². The zero-order chi connectivity index (χ0) is 20.9. The van der Waals surface area contributed by atoms with Crippen molar-refractivity contribution in [2.24, 2.45) is 5.41 Å². The molecule has 0 saturated carbocycles. The second-order valence-corrected chi connectivity index (χ2v) is 8.52. The minimum atomic E-state index is -0.624. The van der Waals surface area contributed by atoms with E-state index in [1.54, 1.807) is 6.08 Å². The Hall–Kier alpha value is -1.05. The first-order valence-corrected chi connectivity index (χ1v) is 12.1. The molecule has 28 heavy (non-hydrogen) atoms. The zero-order valence-electron chi connectivity index (χ0n) is 19.0. The summed E-state index contributed by atoms with van der Waals surface area (Å²) in [6.07, 6.45) is 27.2. The predicted molar refractivity (Wildman–Crippen MR) is 124 cm³/mol. The minimum absolute atomic E-state index is 0.575. The van der Waals surface area contributed by atoms with Crippen molar-refractivity contribution in [2.45, 2.75) is 129 Å². The molecule has 0 aromatic rings. The zero-order valence-corrected chi connectivity index (χ0v) is 19.0. The normalized spacial score (nSPS) is 13.6. The van der Waals surface area contributed by atoms with Gasteiger partial charge in [-0.05, 0) is 44.9 Å². The van der Waals surface area contributed by atoms with E-state index in [2.05, 4.69) is 32.6 Å². The fraction of sp³-hybridized carbons (Fsp3) is 0.808. The summed E-state index contributed by atoms with van der Waals surface area (Å²) in [7, 11) is 0. The van der Waals surface area contributed by atoms with Gasteiger partial charge in [0.2, 0.25) is 0 Å². The maximum Gasteiger partial charge on any atom is 0.309 e. The highest BCUT2D eigenvalue weighted by Gasteiger charge is 2.35. The van der Waals surface area contributed by atoms with Crippen LogP contribution in [0.2, 0.25) is 0 Å². The summed E-state index contributed by atoms with van der Waals surface area (Å²) in [4.78, 5) is 11.9. The number of allylic oxidation sites excluding steroid dienone is 3. The molecule has 0 aromatic heterocycles. The number of aliphatic carboxylic acids is 1. The Kier molecular flexibility index (Phi) is 18.6. The largest absolute Gasteiger partial charge is 0.481 e. The first kappa shape index (κ1) is 27.0. The summed E-state index contributed by atoms with van der Waals surface area (Å²) in [6, 6.07) is 0. The molecule has 2 heteroatoms. The van der Waals surface area contributed by atoms with Gasteiger partial charge in [0.1, 0.15) is 0 Å². The van der Waals surface area contributed by atoms with Gasteiger partial charge in [-0.25, -0.2) is 0 Å². The quantitative estimate of drug-likeness (QED) is 0.156. The first-order valence-electron chi connectivity index (χ1n) is 12.1. The molecule has 1 unspecified atom stereocenters. The van der Waals surface area contributed by atoms with Gasteiger partial charge < -0.3 is 5.11 Å². The maximum absolute atomic E-state index is 11.9. The lowest BCUT2D eigenvalue weighted by atomic mass is 9.75. The molecule has 0 saturated heterocycles. The summed E-state index contributed by atoms with van der Waals surface area (Å²) >= 11 is 0. The Labute approximate surface area is 175 Å². The molecule has 0 aliphatic carbocycles. The number of unbranched alkanes of at least 4 members (excludes halogenated alkanes) is 12. The van der Waals surface area contributed by atoms with Crippen molar-refractivity contribution < 1.29 is 9.90 Å². The van der Waals surface area contributed by atoms with E-state index >= 15 is 0 Å². The van der Waals surface area contributed by atoms with Crippen molar-refractivity contribution in [1.82, 2.24) is 0 Å². The van der Waals surface area contributed by atoms with Gasteiger partial charge in [-0.2, -0.15) is 0 Å². The third-order valence-corrected chi connectivity index (χ3v) is 5.91. The van der Waals surface area contributed by atoms with Crippen molar-refractivity contribution in [3.8, 4) is 0 Å². The number of hydrogen-bond donors (Lipinski definition) is 1. The molecular formula is C26H48O2. The van der Waals surface area contributed by atoms with Crippen molar-refractivity contribution in [1.29, 1.82) is 0 Å². The summed E-state index contributed by atoms with van der Waals surface area (Å²) < 4.78 is 0. The second kappa shape index (κ2) is 19.3. The van der Waals surface area contributed by atoms with E-state index in [1.807, 2.05) is 0 Å². The van der Waals surface area contributed by atoms with E-state index in [1.165, 1.54) is 64.2 Å². The molecule has 1 N–H and O–H groups in total. The molecular weight excluding hydrogens is 344 g/mol. The number of carboxylic acids is 1. The van der Waals surface area contributed by atoms with Gasteiger partial charge in [0, 0.05) is 0 Å². The van der Waals surface area contributed by atoms with E-state index in [9.17, 15) is 9.90 Å². The Balaban J connectivity index is 3.85. The molecule has 0 spiro atoms. The van der Waals surface area contributed by atoms with Crippen LogP contribution in [-0.4, -0.2) is 11.1 Å². The molecule has 0 rings (SSSR count). The van der Waals surface area contributed by atoms with Gasteiger partial charge >= 0.3 is 5.97 Å². The monoisotopic (exact) mass is 392 g/mol. The first-order chi connectivity index (χ1) is 13.6. The van der Waals surface area contributed by atoms with Crippen molar-refractivity contribution >= 4 is 5.97 Å². The predicted octanol–water partition coefficient (Wildman–Crippen LogP) is 8.86. The van der Waals surface area contributed by atoms with E-state index in [0.29, 0.717) is 6.42 Å². The molecule has 0 amide bonds. The molecule has 0 radical (unpaired) electrons. The number of carboxylic acid groups (broad SMARTS) is 1. The van der Waals surface area contributed by atoms with Crippen molar-refractivity contribution in [3.05, 3.63) is 24.8 Å². The summed E-state index contributed by atoms with van der Waals surface area (Å²) in [6.45, 7) is 8.23. The van der Waals surface area contributed by atoms with Gasteiger partial charge in [0.15, 0.2) is 0 Å². The van der Waals surface area contributed by atoms with Crippen LogP contribution in [-0.2, 0) is 4.79 Å². The average molecular weight is 393 g/mol. The Bertz CT molecular complexity index is 399. The number of carbonyl (C=O) groups is 1. The summed E-state index contributed by atoms with van der Waals surface area (Å²) in [5.74, 6) is -0.624. The lowest BCUT2D eigenvalue weighted by Gasteiger charge is -2.28. The second-order valence-electron chi connectivity index (χ2n) is 8.52. The molecule has 2 nitrogen and oxygen atoms in total. The van der Waals surface area contributed by atoms with Gasteiger partial charge in [0.25, 0.3) is 0 Å². The highest BCUT2D eigenvalue weighted by Crippen LogP contribution is 2.36. The van der Waals surface area contributed by atoms with Crippen LogP contribution >= 0.6 is 0 Å². The van der Waals surface area contributed by atoms with Gasteiger partial charge in [-0.15, -0.1) is 6.58 Å². The molecule has 0 aliphatic rings. The molecule has 1 atom stereocenters. The lowest BCUT2D eigenvalue weighted by molar-refractivity contribution is -0.150. The van der Waals surface area contributed by atoms with Crippen LogP contribution in [0.25, 0.3) is 0 Å². The molecule has 0 fully saturated rings. The molecule has 0 aromatic carbocycles. The molecule has 164 valence electrons. The number of rotatable bonds is 21. The van der Waals surface area contributed by atoms with E-state index < -0.39 is 11.4 Å². The van der Waals surface area contributed by atoms with Crippen molar-refractivity contribution in [2.75, 3.05) is 0 Å². The van der Waals surface area contributed by atoms with E-state index in [0.717, 1.165) is 44.9 Å². The van der Waals surface area contributed by atoms with Crippen molar-refractivity contribution in [3.63, 3.8) is 0 Å². The fourth-order valence-electron chi connectivity index (χ4n) is 3.98.